The number of hydrogen-bond donors (Lipinski definition) is 1. The van der Waals surface area contributed by atoms with Gasteiger partial charge in [0.2, 0.25) is 5.28 Å². The Kier molecular flexibility index (Phi) is 8.30. The van der Waals surface area contributed by atoms with E-state index in [1.807, 2.05) is 6.07 Å². The van der Waals surface area contributed by atoms with Gasteiger partial charge in [-0.05, 0) is 49.9 Å². The fourth-order valence-electron chi connectivity index (χ4n) is 2.23. The number of piperidine rings is 1. The molecule has 19 heavy (non-hydrogen) atoms. The second-order valence-corrected chi connectivity index (χ2v) is 5.00. The van der Waals surface area contributed by atoms with Gasteiger partial charge in [0.25, 0.3) is 0 Å². The van der Waals surface area contributed by atoms with E-state index in [0.717, 1.165) is 18.7 Å². The molecule has 2 rings (SSSR count). The van der Waals surface area contributed by atoms with Crippen LogP contribution in [-0.4, -0.2) is 29.2 Å². The molecule has 1 aromatic rings. The lowest BCUT2D eigenvalue weighted by Crippen LogP contribution is -2.33. The SMILES string of the molecule is Cl.Clc1nccc(COCCCC2CCCCN2)n1. The molecule has 0 spiro atoms. The Morgan fingerprint density at radius 1 is 1.42 bits per heavy atom. The Morgan fingerprint density at radius 3 is 3.05 bits per heavy atom. The lowest BCUT2D eigenvalue weighted by molar-refractivity contribution is 0.111. The fourth-order valence-corrected chi connectivity index (χ4v) is 2.39. The minimum absolute atomic E-state index is 0. The molecule has 0 bridgehead atoms. The van der Waals surface area contributed by atoms with Crippen LogP contribution in [0.25, 0.3) is 0 Å². The van der Waals surface area contributed by atoms with Crippen molar-refractivity contribution in [3.8, 4) is 0 Å². The van der Waals surface area contributed by atoms with Gasteiger partial charge in [-0.1, -0.05) is 6.42 Å². The molecular formula is C13H21Cl2N3O. The first-order chi connectivity index (χ1) is 8.84. The first kappa shape index (κ1) is 16.6. The lowest BCUT2D eigenvalue weighted by atomic mass is 10.0. The van der Waals surface area contributed by atoms with Gasteiger partial charge in [0, 0.05) is 18.8 Å². The van der Waals surface area contributed by atoms with Crippen LogP contribution >= 0.6 is 24.0 Å². The monoisotopic (exact) mass is 305 g/mol. The molecule has 1 saturated heterocycles. The summed E-state index contributed by atoms with van der Waals surface area (Å²) in [5.74, 6) is 0. The third kappa shape index (κ3) is 6.52. The number of ether oxygens (including phenoxy) is 1. The molecule has 0 amide bonds. The molecule has 0 radical (unpaired) electrons. The zero-order valence-corrected chi connectivity index (χ0v) is 12.6. The van der Waals surface area contributed by atoms with Gasteiger partial charge >= 0.3 is 0 Å². The Labute approximate surface area is 125 Å². The van der Waals surface area contributed by atoms with Crippen molar-refractivity contribution >= 4 is 24.0 Å². The largest absolute Gasteiger partial charge is 0.375 e. The predicted molar refractivity (Wildman–Crippen MR) is 78.8 cm³/mol. The van der Waals surface area contributed by atoms with Crippen molar-refractivity contribution in [1.82, 2.24) is 15.3 Å². The summed E-state index contributed by atoms with van der Waals surface area (Å²) < 4.78 is 5.59. The quantitative estimate of drug-likeness (QED) is 0.648. The number of hydrogen-bond acceptors (Lipinski definition) is 4. The molecule has 2 heterocycles. The van der Waals surface area contributed by atoms with E-state index in [9.17, 15) is 0 Å². The van der Waals surface area contributed by atoms with Crippen LogP contribution in [0.15, 0.2) is 12.3 Å². The van der Waals surface area contributed by atoms with Gasteiger partial charge in [-0.2, -0.15) is 0 Å². The normalized spacial score (nSPS) is 18.9. The van der Waals surface area contributed by atoms with E-state index in [0.29, 0.717) is 12.6 Å². The topological polar surface area (TPSA) is 47.0 Å². The smallest absolute Gasteiger partial charge is 0.222 e. The van der Waals surface area contributed by atoms with Crippen LogP contribution in [0, 0.1) is 0 Å². The Hall–Kier alpha value is -0.420. The van der Waals surface area contributed by atoms with Gasteiger partial charge in [-0.15, -0.1) is 12.4 Å². The first-order valence-electron chi connectivity index (χ1n) is 6.63. The molecule has 0 aromatic carbocycles. The van der Waals surface area contributed by atoms with E-state index in [-0.39, 0.29) is 17.7 Å². The summed E-state index contributed by atoms with van der Waals surface area (Å²) >= 11 is 5.70. The molecule has 1 fully saturated rings. The molecule has 1 unspecified atom stereocenters. The molecular weight excluding hydrogens is 285 g/mol. The van der Waals surface area contributed by atoms with Crippen LogP contribution in [-0.2, 0) is 11.3 Å². The highest BCUT2D eigenvalue weighted by Crippen LogP contribution is 2.12. The van der Waals surface area contributed by atoms with Crippen LogP contribution in [0.5, 0.6) is 0 Å². The second kappa shape index (κ2) is 9.48. The summed E-state index contributed by atoms with van der Waals surface area (Å²) in [4.78, 5) is 7.91. The van der Waals surface area contributed by atoms with E-state index in [4.69, 9.17) is 16.3 Å². The molecule has 1 N–H and O–H groups in total. The first-order valence-corrected chi connectivity index (χ1v) is 7.01. The van der Waals surface area contributed by atoms with E-state index < -0.39 is 0 Å². The molecule has 1 atom stereocenters. The molecule has 1 aliphatic heterocycles. The third-order valence-corrected chi connectivity index (χ3v) is 3.37. The number of rotatable bonds is 6. The van der Waals surface area contributed by atoms with Gasteiger partial charge in [0.1, 0.15) is 0 Å². The van der Waals surface area contributed by atoms with Crippen molar-refractivity contribution in [3.63, 3.8) is 0 Å². The van der Waals surface area contributed by atoms with Crippen LogP contribution in [0.1, 0.15) is 37.8 Å². The Balaban J connectivity index is 0.00000180. The van der Waals surface area contributed by atoms with Gasteiger partial charge in [0.05, 0.1) is 12.3 Å². The lowest BCUT2D eigenvalue weighted by Gasteiger charge is -2.23. The minimum Gasteiger partial charge on any atom is -0.375 e. The minimum atomic E-state index is 0. The zero-order valence-electron chi connectivity index (χ0n) is 11.0. The molecule has 1 aliphatic rings. The number of nitrogens with one attached hydrogen (secondary N) is 1. The number of halogens is 2. The van der Waals surface area contributed by atoms with Gasteiger partial charge in [-0.3, -0.25) is 0 Å². The maximum Gasteiger partial charge on any atom is 0.222 e. The van der Waals surface area contributed by atoms with Crippen molar-refractivity contribution in [3.05, 3.63) is 23.2 Å². The third-order valence-electron chi connectivity index (χ3n) is 3.19. The van der Waals surface area contributed by atoms with Crippen molar-refractivity contribution < 1.29 is 4.74 Å². The zero-order chi connectivity index (χ0) is 12.6. The molecule has 108 valence electrons. The molecule has 4 nitrogen and oxygen atoms in total. The number of aromatic nitrogens is 2. The van der Waals surface area contributed by atoms with E-state index >= 15 is 0 Å². The summed E-state index contributed by atoms with van der Waals surface area (Å²) in [7, 11) is 0. The predicted octanol–water partition coefficient (Wildman–Crippen LogP) is 2.99. The Morgan fingerprint density at radius 2 is 2.32 bits per heavy atom. The maximum atomic E-state index is 5.70. The van der Waals surface area contributed by atoms with Crippen LogP contribution in [0.3, 0.4) is 0 Å². The van der Waals surface area contributed by atoms with Crippen LogP contribution in [0.2, 0.25) is 5.28 Å². The summed E-state index contributed by atoms with van der Waals surface area (Å²) in [6.45, 7) is 2.46. The molecule has 0 saturated carbocycles. The second-order valence-electron chi connectivity index (χ2n) is 4.66. The summed E-state index contributed by atoms with van der Waals surface area (Å²) in [5.41, 5.74) is 0.839. The van der Waals surface area contributed by atoms with Crippen LogP contribution in [0.4, 0.5) is 0 Å². The van der Waals surface area contributed by atoms with Crippen molar-refractivity contribution in [2.75, 3.05) is 13.2 Å². The van der Waals surface area contributed by atoms with E-state index in [2.05, 4.69) is 15.3 Å². The van der Waals surface area contributed by atoms with Gasteiger partial charge in [-0.25, -0.2) is 9.97 Å². The fraction of sp³-hybridized carbons (Fsp3) is 0.692. The highest BCUT2D eigenvalue weighted by molar-refractivity contribution is 6.28. The number of nitrogens with zero attached hydrogens (tertiary/aromatic N) is 2. The highest BCUT2D eigenvalue weighted by atomic mass is 35.5. The average Bonchev–Trinajstić information content (AvgIpc) is 2.40. The van der Waals surface area contributed by atoms with E-state index in [1.54, 1.807) is 6.20 Å². The summed E-state index contributed by atoms with van der Waals surface area (Å²) in [5, 5.41) is 3.82. The van der Waals surface area contributed by atoms with Crippen LogP contribution < -0.4 is 5.32 Å². The van der Waals surface area contributed by atoms with Crippen molar-refractivity contribution in [2.24, 2.45) is 0 Å². The highest BCUT2D eigenvalue weighted by Gasteiger charge is 2.11. The molecule has 6 heteroatoms. The summed E-state index contributed by atoms with van der Waals surface area (Å²) in [6.07, 6.45) is 7.93. The molecule has 1 aromatic heterocycles. The average molecular weight is 306 g/mol. The van der Waals surface area contributed by atoms with Gasteiger partial charge < -0.3 is 10.1 Å². The van der Waals surface area contributed by atoms with E-state index in [1.165, 1.54) is 32.2 Å². The molecule has 0 aliphatic carbocycles. The van der Waals surface area contributed by atoms with Crippen molar-refractivity contribution in [1.29, 1.82) is 0 Å². The maximum absolute atomic E-state index is 5.70. The van der Waals surface area contributed by atoms with Crippen molar-refractivity contribution in [2.45, 2.75) is 44.8 Å². The summed E-state index contributed by atoms with van der Waals surface area (Å²) in [6, 6.07) is 2.52. The standard InChI is InChI=1S/C13H20ClN3O.ClH/c14-13-16-8-6-12(17-13)10-18-9-3-5-11-4-1-2-7-15-11;/h6,8,11,15H,1-5,7,9-10H2;1H. The Bertz CT molecular complexity index is 359. The van der Waals surface area contributed by atoms with Gasteiger partial charge in [0.15, 0.2) is 0 Å².